The number of piperidine rings is 1. The molecule has 2 N–H and O–H groups in total. The van der Waals surface area contributed by atoms with Crippen LogP contribution in [0.4, 0.5) is 0 Å². The highest BCUT2D eigenvalue weighted by Gasteiger charge is 2.29. The van der Waals surface area contributed by atoms with Gasteiger partial charge < -0.3 is 10.6 Å². The molecule has 1 atom stereocenters. The molecule has 106 valence electrons. The van der Waals surface area contributed by atoms with Crippen LogP contribution in [0.3, 0.4) is 0 Å². The summed E-state index contributed by atoms with van der Waals surface area (Å²) in [6.07, 6.45) is 6.40. The van der Waals surface area contributed by atoms with E-state index in [2.05, 4.69) is 31.0 Å². The first-order chi connectivity index (χ1) is 9.69. The van der Waals surface area contributed by atoms with Crippen molar-refractivity contribution in [2.75, 3.05) is 13.1 Å². The van der Waals surface area contributed by atoms with Crippen LogP contribution >= 0.6 is 15.9 Å². The van der Waals surface area contributed by atoms with Crippen LogP contribution in [0.25, 0.3) is 5.78 Å². The van der Waals surface area contributed by atoms with E-state index >= 15 is 0 Å². The number of nitrogens with two attached hydrogens (primary N) is 1. The number of hydrogen-bond acceptors (Lipinski definition) is 5. The van der Waals surface area contributed by atoms with Crippen LogP contribution in [-0.2, 0) is 0 Å². The van der Waals surface area contributed by atoms with E-state index < -0.39 is 0 Å². The molecular formula is C12H15BrN6O. The molecule has 1 aliphatic heterocycles. The Morgan fingerprint density at radius 3 is 3.15 bits per heavy atom. The molecule has 3 heterocycles. The van der Waals surface area contributed by atoms with Crippen LogP contribution in [-0.4, -0.2) is 49.5 Å². The van der Waals surface area contributed by atoms with Crippen molar-refractivity contribution < 1.29 is 4.79 Å². The normalized spacial score (nSPS) is 19.5. The summed E-state index contributed by atoms with van der Waals surface area (Å²) in [6, 6.07) is 0.0857. The molecule has 0 aliphatic carbocycles. The summed E-state index contributed by atoms with van der Waals surface area (Å²) in [5.41, 5.74) is 5.75. The van der Waals surface area contributed by atoms with E-state index in [4.69, 9.17) is 5.73 Å². The predicted octanol–water partition coefficient (Wildman–Crippen LogP) is 0.840. The number of halogens is 1. The zero-order chi connectivity index (χ0) is 14.1. The van der Waals surface area contributed by atoms with Crippen LogP contribution in [0.15, 0.2) is 16.9 Å². The zero-order valence-corrected chi connectivity index (χ0v) is 12.5. The van der Waals surface area contributed by atoms with Crippen LogP contribution in [0.2, 0.25) is 0 Å². The van der Waals surface area contributed by atoms with Gasteiger partial charge in [0.1, 0.15) is 0 Å². The molecular weight excluding hydrogens is 324 g/mol. The second-order valence-corrected chi connectivity index (χ2v) is 5.75. The number of aromatic nitrogens is 4. The molecule has 8 heteroatoms. The van der Waals surface area contributed by atoms with Gasteiger partial charge in [-0.3, -0.25) is 4.79 Å². The summed E-state index contributed by atoms with van der Waals surface area (Å²) in [4.78, 5) is 22.6. The van der Waals surface area contributed by atoms with Gasteiger partial charge in [-0.2, -0.15) is 4.98 Å². The Hall–Kier alpha value is -1.54. The highest BCUT2D eigenvalue weighted by atomic mass is 79.9. The molecule has 0 saturated carbocycles. The van der Waals surface area contributed by atoms with Crippen LogP contribution < -0.4 is 5.73 Å². The average molecular weight is 339 g/mol. The molecule has 7 nitrogen and oxygen atoms in total. The molecule has 2 aromatic rings. The molecule has 20 heavy (non-hydrogen) atoms. The number of likely N-dealkylation sites (tertiary alicyclic amines) is 1. The number of nitrogens with zero attached hydrogens (tertiary/aromatic N) is 5. The molecule has 1 unspecified atom stereocenters. The van der Waals surface area contributed by atoms with Crippen molar-refractivity contribution in [3.05, 3.63) is 22.7 Å². The fourth-order valence-corrected chi connectivity index (χ4v) is 2.79. The lowest BCUT2D eigenvalue weighted by Gasteiger charge is -2.34. The van der Waals surface area contributed by atoms with Crippen molar-refractivity contribution in [2.24, 2.45) is 5.73 Å². The monoisotopic (exact) mass is 338 g/mol. The van der Waals surface area contributed by atoms with E-state index in [1.165, 1.54) is 4.52 Å². The van der Waals surface area contributed by atoms with Crippen molar-refractivity contribution in [1.82, 2.24) is 24.5 Å². The molecule has 0 aromatic carbocycles. The molecule has 2 aromatic heterocycles. The number of carbonyl (C=O) groups excluding carboxylic acids is 1. The van der Waals surface area contributed by atoms with Crippen molar-refractivity contribution in [2.45, 2.75) is 25.3 Å². The third-order valence-electron chi connectivity index (χ3n) is 3.51. The van der Waals surface area contributed by atoms with Gasteiger partial charge >= 0.3 is 0 Å². The first kappa shape index (κ1) is 13.4. The van der Waals surface area contributed by atoms with Gasteiger partial charge in [0.2, 0.25) is 5.82 Å². The molecule has 3 rings (SSSR count). The number of fused-ring (bicyclic) bond motifs is 1. The van der Waals surface area contributed by atoms with Gasteiger partial charge in [0.05, 0.1) is 4.47 Å². The largest absolute Gasteiger partial charge is 0.332 e. The van der Waals surface area contributed by atoms with Crippen LogP contribution in [0, 0.1) is 0 Å². The maximum atomic E-state index is 12.5. The number of rotatable bonds is 2. The minimum absolute atomic E-state index is 0.0857. The first-order valence-electron chi connectivity index (χ1n) is 6.58. The van der Waals surface area contributed by atoms with Crippen molar-refractivity contribution in [3.8, 4) is 0 Å². The third-order valence-corrected chi connectivity index (χ3v) is 3.92. The minimum atomic E-state index is -0.165. The molecule has 1 amide bonds. The predicted molar refractivity (Wildman–Crippen MR) is 76.2 cm³/mol. The maximum absolute atomic E-state index is 12.5. The van der Waals surface area contributed by atoms with Gasteiger partial charge in [-0.05, 0) is 35.2 Å². The van der Waals surface area contributed by atoms with Crippen molar-refractivity contribution in [3.63, 3.8) is 0 Å². The third kappa shape index (κ3) is 2.40. The molecule has 1 aliphatic rings. The van der Waals surface area contributed by atoms with E-state index in [1.807, 2.05) is 0 Å². The molecule has 1 saturated heterocycles. The summed E-state index contributed by atoms with van der Waals surface area (Å²) in [5, 5.41) is 4.20. The lowest BCUT2D eigenvalue weighted by atomic mass is 10.0. The standard InChI is InChI=1S/C12H15BrN6O/c13-8-6-15-12-16-10(17-19(12)7-8)11(20)18-4-2-1-3-9(18)5-14/h6-7,9H,1-5,14H2. The quantitative estimate of drug-likeness (QED) is 0.876. The topological polar surface area (TPSA) is 89.4 Å². The summed E-state index contributed by atoms with van der Waals surface area (Å²) < 4.78 is 2.28. The van der Waals surface area contributed by atoms with E-state index in [1.54, 1.807) is 17.3 Å². The fraction of sp³-hybridized carbons (Fsp3) is 0.500. The summed E-state index contributed by atoms with van der Waals surface area (Å²) >= 11 is 3.31. The maximum Gasteiger partial charge on any atom is 0.293 e. The number of hydrogen-bond donors (Lipinski definition) is 1. The van der Waals surface area contributed by atoms with Crippen LogP contribution in [0.1, 0.15) is 29.9 Å². The van der Waals surface area contributed by atoms with E-state index in [0.717, 1.165) is 23.7 Å². The van der Waals surface area contributed by atoms with Gasteiger partial charge in [-0.25, -0.2) is 9.50 Å². The fourth-order valence-electron chi connectivity index (χ4n) is 2.49. The first-order valence-corrected chi connectivity index (χ1v) is 7.37. The van der Waals surface area contributed by atoms with Gasteiger partial charge in [-0.1, -0.05) is 0 Å². The Morgan fingerprint density at radius 2 is 2.35 bits per heavy atom. The van der Waals surface area contributed by atoms with Gasteiger partial charge in [0.15, 0.2) is 0 Å². The highest BCUT2D eigenvalue weighted by molar-refractivity contribution is 9.10. The number of carbonyl (C=O) groups is 1. The number of amides is 1. The van der Waals surface area contributed by atoms with Gasteiger partial charge in [0.25, 0.3) is 11.7 Å². The van der Waals surface area contributed by atoms with E-state index in [9.17, 15) is 4.79 Å². The summed E-state index contributed by atoms with van der Waals surface area (Å²) in [5.74, 6) is 0.426. The molecule has 0 spiro atoms. The molecule has 1 fully saturated rings. The second-order valence-electron chi connectivity index (χ2n) is 4.84. The Morgan fingerprint density at radius 1 is 1.50 bits per heavy atom. The van der Waals surface area contributed by atoms with Gasteiger partial charge in [0, 0.05) is 31.5 Å². The van der Waals surface area contributed by atoms with Crippen molar-refractivity contribution >= 4 is 27.6 Å². The Bertz CT molecular complexity index is 642. The SMILES string of the molecule is NCC1CCCCN1C(=O)c1nc2ncc(Br)cn2n1. The van der Waals surface area contributed by atoms with Gasteiger partial charge in [-0.15, -0.1) is 5.10 Å². The Labute approximate surface area is 124 Å². The molecule has 0 bridgehead atoms. The second kappa shape index (κ2) is 5.45. The average Bonchev–Trinajstić information content (AvgIpc) is 2.89. The van der Waals surface area contributed by atoms with Crippen LogP contribution in [0.5, 0.6) is 0 Å². The Balaban J connectivity index is 1.91. The van der Waals surface area contributed by atoms with Crippen molar-refractivity contribution in [1.29, 1.82) is 0 Å². The zero-order valence-electron chi connectivity index (χ0n) is 10.9. The summed E-state index contributed by atoms with van der Waals surface area (Å²) in [7, 11) is 0. The highest BCUT2D eigenvalue weighted by Crippen LogP contribution is 2.18. The minimum Gasteiger partial charge on any atom is -0.332 e. The Kier molecular flexibility index (Phi) is 3.66. The summed E-state index contributed by atoms with van der Waals surface area (Å²) in [6.45, 7) is 1.19. The lowest BCUT2D eigenvalue weighted by Crippen LogP contribution is -2.47. The van der Waals surface area contributed by atoms with E-state index in [0.29, 0.717) is 18.9 Å². The molecule has 0 radical (unpaired) electrons. The lowest BCUT2D eigenvalue weighted by molar-refractivity contribution is 0.0611. The van der Waals surface area contributed by atoms with E-state index in [-0.39, 0.29) is 17.8 Å². The smallest absolute Gasteiger partial charge is 0.293 e.